The molecule has 0 aromatic carbocycles. The molecule has 0 saturated carbocycles. The summed E-state index contributed by atoms with van der Waals surface area (Å²) in [5.74, 6) is -0.405. The predicted octanol–water partition coefficient (Wildman–Crippen LogP) is 0.115. The lowest BCUT2D eigenvalue weighted by Crippen LogP contribution is -2.58. The Morgan fingerprint density at radius 3 is 2.93 bits per heavy atom. The van der Waals surface area contributed by atoms with Crippen LogP contribution >= 0.6 is 24.2 Å². The maximum Gasteiger partial charge on any atom is 0.337 e. The summed E-state index contributed by atoms with van der Waals surface area (Å²) in [5.41, 5.74) is 4.59. The first-order valence-corrected chi connectivity index (χ1v) is 5.27. The van der Waals surface area contributed by atoms with Crippen LogP contribution in [0.25, 0.3) is 0 Å². The van der Waals surface area contributed by atoms with E-state index in [1.807, 2.05) is 6.26 Å². The van der Waals surface area contributed by atoms with Crippen molar-refractivity contribution in [3.05, 3.63) is 12.3 Å². The lowest BCUT2D eigenvalue weighted by molar-refractivity contribution is -0.145. The fraction of sp³-hybridized carbons (Fsp3) is 0.500. The summed E-state index contributed by atoms with van der Waals surface area (Å²) >= 11 is 1.42. The molecule has 1 aliphatic heterocycles. The summed E-state index contributed by atoms with van der Waals surface area (Å²) in [6.07, 6.45) is 5.04. The Morgan fingerprint density at radius 1 is 1.80 bits per heavy atom. The molecular weight excluding hydrogens is 238 g/mol. The van der Waals surface area contributed by atoms with Gasteiger partial charge < -0.3 is 15.8 Å². The number of amidine groups is 1. The van der Waals surface area contributed by atoms with Crippen LogP contribution in [0.5, 0.6) is 0 Å². The topological polar surface area (TPSA) is 76.7 Å². The van der Waals surface area contributed by atoms with Crippen LogP contribution < -0.4 is 11.1 Å². The Balaban J connectivity index is 0.00000196. The first-order chi connectivity index (χ1) is 6.68. The number of methoxy groups -OCH3 is 1. The molecule has 0 aromatic rings. The fourth-order valence-electron chi connectivity index (χ4n) is 1.10. The molecule has 0 radical (unpaired) electrons. The molecule has 0 amide bonds. The van der Waals surface area contributed by atoms with Gasteiger partial charge in [0.1, 0.15) is 0 Å². The second kappa shape index (κ2) is 5.99. The van der Waals surface area contributed by atoms with Gasteiger partial charge in [-0.05, 0) is 12.3 Å². The molecule has 0 fully saturated rings. The highest BCUT2D eigenvalue weighted by atomic mass is 35.5. The highest BCUT2D eigenvalue weighted by Gasteiger charge is 2.38. The van der Waals surface area contributed by atoms with Gasteiger partial charge in [-0.15, -0.1) is 12.4 Å². The van der Waals surface area contributed by atoms with Gasteiger partial charge >= 0.3 is 5.97 Å². The van der Waals surface area contributed by atoms with Crippen LogP contribution in [0.1, 0.15) is 0 Å². The van der Waals surface area contributed by atoms with E-state index in [1.54, 1.807) is 12.3 Å². The number of nitrogens with two attached hydrogens (primary N) is 1. The lowest BCUT2D eigenvalue weighted by atomic mass is 10.00. The Bertz CT molecular complexity index is 296. The minimum atomic E-state index is -0.963. The molecule has 5 nitrogen and oxygen atoms in total. The van der Waals surface area contributed by atoms with Crippen LogP contribution in [-0.2, 0) is 9.53 Å². The third-order valence-corrected chi connectivity index (χ3v) is 2.54. The summed E-state index contributed by atoms with van der Waals surface area (Å²) in [5, 5.41) is 3.60. The molecule has 15 heavy (non-hydrogen) atoms. The zero-order valence-electron chi connectivity index (χ0n) is 8.52. The van der Waals surface area contributed by atoms with E-state index < -0.39 is 11.5 Å². The Morgan fingerprint density at radius 2 is 2.47 bits per heavy atom. The molecule has 1 rings (SSSR count). The number of halogens is 1. The molecule has 0 aromatic heterocycles. The molecule has 0 spiro atoms. The van der Waals surface area contributed by atoms with E-state index in [0.29, 0.717) is 5.17 Å². The van der Waals surface area contributed by atoms with E-state index in [-0.39, 0.29) is 19.0 Å². The van der Waals surface area contributed by atoms with Gasteiger partial charge in [-0.1, -0.05) is 11.8 Å². The first kappa shape index (κ1) is 14.3. The molecule has 86 valence electrons. The first-order valence-electron chi connectivity index (χ1n) is 4.04. The maximum atomic E-state index is 11.5. The van der Waals surface area contributed by atoms with Crippen LogP contribution in [-0.4, -0.2) is 36.6 Å². The SMILES string of the molecule is COC(=O)C1(CN)C=CN=C(SC)N1.Cl. The maximum absolute atomic E-state index is 11.5. The molecule has 1 atom stereocenters. The van der Waals surface area contributed by atoms with Gasteiger partial charge in [0.05, 0.1) is 7.11 Å². The van der Waals surface area contributed by atoms with E-state index in [9.17, 15) is 4.79 Å². The summed E-state index contributed by atoms with van der Waals surface area (Å²) in [7, 11) is 1.33. The number of esters is 1. The van der Waals surface area contributed by atoms with Crippen LogP contribution in [0.4, 0.5) is 0 Å². The van der Waals surface area contributed by atoms with E-state index >= 15 is 0 Å². The van der Waals surface area contributed by atoms with Gasteiger partial charge in [0.15, 0.2) is 10.7 Å². The summed E-state index contributed by atoms with van der Waals surface area (Å²) in [4.78, 5) is 15.5. The zero-order valence-corrected chi connectivity index (χ0v) is 10.2. The van der Waals surface area contributed by atoms with Crippen molar-refractivity contribution in [1.82, 2.24) is 5.32 Å². The third-order valence-electron chi connectivity index (χ3n) is 1.95. The van der Waals surface area contributed by atoms with Crippen molar-refractivity contribution in [3.8, 4) is 0 Å². The van der Waals surface area contributed by atoms with Crippen molar-refractivity contribution in [2.75, 3.05) is 19.9 Å². The predicted molar refractivity (Wildman–Crippen MR) is 64.3 cm³/mol. The number of carbonyl (C=O) groups excluding carboxylic acids is 1. The molecule has 7 heteroatoms. The highest BCUT2D eigenvalue weighted by Crippen LogP contribution is 2.14. The number of nitrogens with zero attached hydrogens (tertiary/aromatic N) is 1. The van der Waals surface area contributed by atoms with Crippen molar-refractivity contribution < 1.29 is 9.53 Å². The molecule has 0 bridgehead atoms. The number of rotatable bonds is 2. The molecule has 0 aliphatic carbocycles. The highest BCUT2D eigenvalue weighted by molar-refractivity contribution is 8.13. The minimum Gasteiger partial charge on any atom is -0.467 e. The second-order valence-corrected chi connectivity index (χ2v) is 3.54. The van der Waals surface area contributed by atoms with Crippen molar-refractivity contribution in [3.63, 3.8) is 0 Å². The summed E-state index contributed by atoms with van der Waals surface area (Å²) in [6, 6.07) is 0. The van der Waals surface area contributed by atoms with E-state index in [1.165, 1.54) is 18.9 Å². The summed E-state index contributed by atoms with van der Waals surface area (Å²) in [6.45, 7) is 0.135. The largest absolute Gasteiger partial charge is 0.467 e. The number of hydrogen-bond donors (Lipinski definition) is 2. The number of ether oxygens (including phenoxy) is 1. The molecular formula is C8H14ClN3O2S. The number of carbonyl (C=O) groups is 1. The van der Waals surface area contributed by atoms with Crippen LogP contribution in [0.2, 0.25) is 0 Å². The van der Waals surface area contributed by atoms with Gasteiger partial charge in [0.25, 0.3) is 0 Å². The van der Waals surface area contributed by atoms with E-state index in [2.05, 4.69) is 15.0 Å². The monoisotopic (exact) mass is 251 g/mol. The van der Waals surface area contributed by atoms with Crippen molar-refractivity contribution in [2.24, 2.45) is 10.7 Å². The van der Waals surface area contributed by atoms with Gasteiger partial charge in [0.2, 0.25) is 0 Å². The molecule has 0 saturated heterocycles. The Hall–Kier alpha value is -0.720. The van der Waals surface area contributed by atoms with Gasteiger partial charge in [-0.25, -0.2) is 9.79 Å². The minimum absolute atomic E-state index is 0. The van der Waals surface area contributed by atoms with E-state index in [4.69, 9.17) is 5.73 Å². The number of thioether (sulfide) groups is 1. The van der Waals surface area contributed by atoms with Gasteiger partial charge in [-0.3, -0.25) is 0 Å². The normalized spacial score (nSPS) is 23.5. The van der Waals surface area contributed by atoms with Crippen LogP contribution in [0, 0.1) is 0 Å². The molecule has 1 heterocycles. The number of nitrogens with one attached hydrogen (secondary N) is 1. The van der Waals surface area contributed by atoms with E-state index in [0.717, 1.165) is 0 Å². The fourth-order valence-corrected chi connectivity index (χ4v) is 1.55. The average Bonchev–Trinajstić information content (AvgIpc) is 2.27. The standard InChI is InChI=1S/C8H13N3O2S.ClH/c1-13-6(12)8(5-9)3-4-10-7(11-8)14-2;/h3-4H,5,9H2,1-2H3,(H,10,11);1H. The smallest absolute Gasteiger partial charge is 0.337 e. The van der Waals surface area contributed by atoms with Crippen LogP contribution in [0.15, 0.2) is 17.3 Å². The zero-order chi connectivity index (χ0) is 10.6. The third kappa shape index (κ3) is 2.87. The van der Waals surface area contributed by atoms with Crippen molar-refractivity contribution in [2.45, 2.75) is 5.54 Å². The van der Waals surface area contributed by atoms with Crippen molar-refractivity contribution in [1.29, 1.82) is 0 Å². The Kier molecular flexibility index (Phi) is 5.71. The summed E-state index contributed by atoms with van der Waals surface area (Å²) < 4.78 is 4.68. The lowest BCUT2D eigenvalue weighted by Gasteiger charge is -2.30. The van der Waals surface area contributed by atoms with Gasteiger partial charge in [-0.2, -0.15) is 0 Å². The van der Waals surface area contributed by atoms with Crippen molar-refractivity contribution >= 4 is 35.3 Å². The molecule has 3 N–H and O–H groups in total. The van der Waals surface area contributed by atoms with Gasteiger partial charge in [0, 0.05) is 12.7 Å². The average molecular weight is 252 g/mol. The Labute approximate surface area is 98.9 Å². The quantitative estimate of drug-likeness (QED) is 0.682. The number of hydrogen-bond acceptors (Lipinski definition) is 6. The second-order valence-electron chi connectivity index (χ2n) is 2.75. The van der Waals surface area contributed by atoms with Crippen LogP contribution in [0.3, 0.4) is 0 Å². The molecule has 1 unspecified atom stereocenters. The molecule has 1 aliphatic rings. The number of aliphatic imine (C=N–C) groups is 1.